The van der Waals surface area contributed by atoms with Gasteiger partial charge in [0.2, 0.25) is 21.8 Å². The first-order valence-corrected chi connectivity index (χ1v) is 18.6. The fourth-order valence-electron chi connectivity index (χ4n) is 6.18. The van der Waals surface area contributed by atoms with Crippen LogP contribution in [0, 0.1) is 5.92 Å². The molecule has 18 heteroatoms. The molecule has 2 aliphatic heterocycles. The van der Waals surface area contributed by atoms with Crippen molar-refractivity contribution >= 4 is 51.6 Å². The van der Waals surface area contributed by atoms with Crippen LogP contribution in [-0.4, -0.2) is 111 Å². The number of nitrogens with one attached hydrogen (secondary N) is 4. The molecule has 4 N–H and O–H groups in total. The largest absolute Gasteiger partial charge is 0.465 e. The molecule has 17 nitrogen and oxygen atoms in total. The number of sulfonamides is 1. The number of para-hydroxylation sites is 1. The van der Waals surface area contributed by atoms with Crippen LogP contribution in [0.2, 0.25) is 0 Å². The van der Waals surface area contributed by atoms with E-state index in [1.165, 1.54) is 19.2 Å². The first-order chi connectivity index (χ1) is 24.5. The van der Waals surface area contributed by atoms with Crippen molar-refractivity contribution in [3.05, 3.63) is 42.0 Å². The highest BCUT2D eigenvalue weighted by atomic mass is 32.2. The molecule has 2 saturated carbocycles. The zero-order chi connectivity index (χ0) is 37.8. The van der Waals surface area contributed by atoms with Gasteiger partial charge in [0.25, 0.3) is 5.91 Å². The number of alkyl carbamates (subject to hydrolysis) is 1. The molecule has 1 aromatic carbocycles. The highest BCUT2D eigenvalue weighted by Crippen LogP contribution is 2.46. The van der Waals surface area contributed by atoms with Crippen molar-refractivity contribution in [2.75, 3.05) is 32.2 Å². The molecule has 2 heterocycles. The molecule has 5 amide bonds. The predicted molar refractivity (Wildman–Crippen MR) is 183 cm³/mol. The lowest BCUT2D eigenvalue weighted by Gasteiger charge is -2.30. The second-order valence-corrected chi connectivity index (χ2v) is 16.2. The number of nitrogens with zero attached hydrogens (tertiary/aromatic N) is 1. The Kier molecular flexibility index (Phi) is 11.5. The molecule has 4 aliphatic rings. The second kappa shape index (κ2) is 15.5. The zero-order valence-corrected chi connectivity index (χ0v) is 30.3. The number of methoxy groups -OCH3 is 1. The first-order valence-electron chi connectivity index (χ1n) is 17.1. The number of carbonyl (C=O) groups is 6. The van der Waals surface area contributed by atoms with Crippen LogP contribution in [0.5, 0.6) is 0 Å². The summed E-state index contributed by atoms with van der Waals surface area (Å²) in [6, 6.07) is 3.60. The van der Waals surface area contributed by atoms with E-state index >= 15 is 0 Å². The van der Waals surface area contributed by atoms with Gasteiger partial charge in [0, 0.05) is 18.9 Å². The minimum absolute atomic E-state index is 0.0657. The number of benzene rings is 1. The topological polar surface area (TPSA) is 225 Å². The van der Waals surface area contributed by atoms with Crippen molar-refractivity contribution in [1.82, 2.24) is 20.3 Å². The lowest BCUT2D eigenvalue weighted by Crippen LogP contribution is -2.58. The summed E-state index contributed by atoms with van der Waals surface area (Å²) in [5.74, 6) is -3.63. The number of rotatable bonds is 7. The number of hydrogen-bond acceptors (Lipinski definition) is 12. The van der Waals surface area contributed by atoms with Crippen LogP contribution in [0.1, 0.15) is 69.7 Å². The Balaban J connectivity index is 1.41. The fraction of sp³-hybridized carbons (Fsp3) is 0.588. The van der Waals surface area contributed by atoms with Gasteiger partial charge in [-0.1, -0.05) is 24.3 Å². The highest BCUT2D eigenvalue weighted by Gasteiger charge is 2.62. The molecule has 0 bridgehead atoms. The van der Waals surface area contributed by atoms with Crippen LogP contribution >= 0.6 is 0 Å². The molecule has 3 fully saturated rings. The molecular weight excluding hydrogens is 702 g/mol. The third kappa shape index (κ3) is 9.39. The summed E-state index contributed by atoms with van der Waals surface area (Å²) in [6.07, 6.45) is 1.62. The summed E-state index contributed by atoms with van der Waals surface area (Å²) >= 11 is 0. The van der Waals surface area contributed by atoms with Crippen LogP contribution in [0.3, 0.4) is 0 Å². The molecule has 5 atom stereocenters. The standard InChI is InChI=1S/C34H45N5O12S/c1-33(2,3)51-32(45)36-25-12-8-16-49-15-7-9-20-18-34(20,30(43)38-52(46,47)22-13-14-22)37-27(40)26-17-21(19-39(26)28(25)41)50-31(44)35-24-11-6-5-10-23(24)29(42)48-4/h5-7,9-11,20-22,25-26H,8,12-19H2,1-4H3,(H,35,44)(H,36,45)(H,37,40)(H,38,43)/b9-7-. The quantitative estimate of drug-likeness (QED) is 0.178. The van der Waals surface area contributed by atoms with Crippen LogP contribution in [0.15, 0.2) is 36.4 Å². The van der Waals surface area contributed by atoms with E-state index in [0.29, 0.717) is 19.3 Å². The van der Waals surface area contributed by atoms with Crippen molar-refractivity contribution < 1.29 is 56.1 Å². The summed E-state index contributed by atoms with van der Waals surface area (Å²) in [5, 5.41) is 7.12. The van der Waals surface area contributed by atoms with Crippen molar-refractivity contribution in [2.45, 2.75) is 93.9 Å². The average molecular weight is 748 g/mol. The van der Waals surface area contributed by atoms with Gasteiger partial charge >= 0.3 is 18.2 Å². The summed E-state index contributed by atoms with van der Waals surface area (Å²) < 4.78 is 49.0. The van der Waals surface area contributed by atoms with Gasteiger partial charge in [-0.15, -0.1) is 0 Å². The summed E-state index contributed by atoms with van der Waals surface area (Å²) in [7, 11) is -2.77. The summed E-state index contributed by atoms with van der Waals surface area (Å²) in [6.45, 7) is 5.08. The van der Waals surface area contributed by atoms with E-state index in [-0.39, 0.29) is 50.3 Å². The van der Waals surface area contributed by atoms with Crippen LogP contribution in [0.25, 0.3) is 0 Å². The van der Waals surface area contributed by atoms with Crippen LogP contribution in [-0.2, 0) is 43.4 Å². The van der Waals surface area contributed by atoms with Gasteiger partial charge in [-0.3, -0.25) is 24.4 Å². The number of amides is 5. The first kappa shape index (κ1) is 38.5. The number of ether oxygens (including phenoxy) is 4. The molecule has 5 rings (SSSR count). The van der Waals surface area contributed by atoms with Gasteiger partial charge in [-0.25, -0.2) is 22.8 Å². The van der Waals surface area contributed by atoms with Gasteiger partial charge < -0.3 is 34.5 Å². The van der Waals surface area contributed by atoms with E-state index in [2.05, 4.69) is 20.7 Å². The molecule has 0 radical (unpaired) electrons. The maximum atomic E-state index is 14.2. The van der Waals surface area contributed by atoms with Crippen molar-refractivity contribution in [3.63, 3.8) is 0 Å². The molecule has 1 saturated heterocycles. The maximum Gasteiger partial charge on any atom is 0.411 e. The normalized spacial score (nSPS) is 27.3. The summed E-state index contributed by atoms with van der Waals surface area (Å²) in [5.41, 5.74) is -2.34. The van der Waals surface area contributed by atoms with E-state index in [1.54, 1.807) is 45.1 Å². The monoisotopic (exact) mass is 747 g/mol. The molecule has 1 aromatic rings. The van der Waals surface area contributed by atoms with Gasteiger partial charge in [0.1, 0.15) is 29.3 Å². The van der Waals surface area contributed by atoms with Gasteiger partial charge in [-0.2, -0.15) is 0 Å². The number of hydrogen-bond donors (Lipinski definition) is 4. The van der Waals surface area contributed by atoms with Crippen LogP contribution in [0.4, 0.5) is 15.3 Å². The Labute approximate surface area is 301 Å². The Morgan fingerprint density at radius 3 is 2.48 bits per heavy atom. The number of carbonyl (C=O) groups excluding carboxylic acids is 6. The predicted octanol–water partition coefficient (Wildman–Crippen LogP) is 1.73. The van der Waals surface area contributed by atoms with E-state index in [1.807, 2.05) is 0 Å². The minimum Gasteiger partial charge on any atom is -0.465 e. The smallest absolute Gasteiger partial charge is 0.411 e. The minimum atomic E-state index is -3.96. The van der Waals surface area contributed by atoms with Crippen molar-refractivity contribution in [2.24, 2.45) is 5.92 Å². The van der Waals surface area contributed by atoms with E-state index in [0.717, 1.165) is 4.90 Å². The molecule has 2 aliphatic carbocycles. The van der Waals surface area contributed by atoms with Crippen molar-refractivity contribution in [1.29, 1.82) is 0 Å². The average Bonchev–Trinajstić information content (AvgIpc) is 3.99. The van der Waals surface area contributed by atoms with Crippen LogP contribution < -0.4 is 20.7 Å². The van der Waals surface area contributed by atoms with Crippen molar-refractivity contribution in [3.8, 4) is 0 Å². The van der Waals surface area contributed by atoms with Gasteiger partial charge in [0.05, 0.1) is 36.8 Å². The van der Waals surface area contributed by atoms with E-state index in [9.17, 15) is 37.2 Å². The maximum absolute atomic E-state index is 14.2. The number of anilines is 1. The molecule has 5 unspecified atom stereocenters. The Hall–Kier alpha value is -4.71. The fourth-order valence-corrected chi connectivity index (χ4v) is 7.54. The van der Waals surface area contributed by atoms with E-state index < -0.39 is 86.4 Å². The second-order valence-electron chi connectivity index (χ2n) is 14.2. The molecule has 0 aromatic heterocycles. The van der Waals surface area contributed by atoms with Gasteiger partial charge in [-0.05, 0) is 65.0 Å². The molecule has 284 valence electrons. The third-order valence-corrected chi connectivity index (χ3v) is 10.8. The Bertz CT molecular complexity index is 1720. The number of esters is 1. The lowest BCUT2D eigenvalue weighted by molar-refractivity contribution is -0.141. The third-order valence-electron chi connectivity index (χ3n) is 9.01. The lowest BCUT2D eigenvalue weighted by atomic mass is 10.1. The Morgan fingerprint density at radius 2 is 1.79 bits per heavy atom. The van der Waals surface area contributed by atoms with Gasteiger partial charge in [0.15, 0.2) is 0 Å². The Morgan fingerprint density at radius 1 is 1.06 bits per heavy atom. The molecule has 52 heavy (non-hydrogen) atoms. The van der Waals surface area contributed by atoms with E-state index in [4.69, 9.17) is 18.9 Å². The molecule has 0 spiro atoms. The zero-order valence-electron chi connectivity index (χ0n) is 29.5. The SMILES string of the molecule is COC(=O)c1ccccc1NC(=O)OC1CC2C(=O)NC3(C(=O)NS(=O)(=O)C4CC4)CC3/C=C\COCCCC(NC(=O)OC(C)(C)C)C(=O)N2C1. The summed E-state index contributed by atoms with van der Waals surface area (Å²) in [4.78, 5) is 81.2. The number of fused-ring (bicyclic) bond motifs is 2. The molecular formula is C34H45N5O12S. The highest BCUT2D eigenvalue weighted by molar-refractivity contribution is 7.91.